The van der Waals surface area contributed by atoms with Crippen LogP contribution in [-0.2, 0) is 13.1 Å². The topological polar surface area (TPSA) is 70.0 Å². The number of aromatic nitrogens is 4. The van der Waals surface area contributed by atoms with E-state index in [0.29, 0.717) is 5.56 Å². The molecule has 7 heteroatoms. The van der Waals surface area contributed by atoms with Crippen molar-refractivity contribution < 1.29 is 4.79 Å². The van der Waals surface area contributed by atoms with Gasteiger partial charge in [0.2, 0.25) is 0 Å². The van der Waals surface area contributed by atoms with Crippen LogP contribution in [0.2, 0.25) is 0 Å². The van der Waals surface area contributed by atoms with E-state index in [0.717, 1.165) is 56.7 Å². The number of amides is 1. The van der Waals surface area contributed by atoms with Gasteiger partial charge in [-0.25, -0.2) is 0 Å². The second kappa shape index (κ2) is 7.29. The van der Waals surface area contributed by atoms with Crippen molar-refractivity contribution in [1.82, 2.24) is 29.5 Å². The Hall–Kier alpha value is -2.67. The second-order valence-corrected chi connectivity index (χ2v) is 6.73. The number of pyridine rings is 1. The first kappa shape index (κ1) is 16.8. The molecule has 0 atom stereocenters. The molecule has 1 aliphatic heterocycles. The second-order valence-electron chi connectivity index (χ2n) is 6.73. The van der Waals surface area contributed by atoms with Crippen LogP contribution in [0.3, 0.4) is 0 Å². The number of nitrogens with one attached hydrogen (secondary N) is 1. The number of aromatic amines is 1. The van der Waals surface area contributed by atoms with E-state index in [9.17, 15) is 4.79 Å². The summed E-state index contributed by atoms with van der Waals surface area (Å²) in [6.45, 7) is 7.25. The van der Waals surface area contributed by atoms with Gasteiger partial charge in [-0.3, -0.25) is 19.4 Å². The van der Waals surface area contributed by atoms with Gasteiger partial charge in [-0.2, -0.15) is 5.10 Å². The van der Waals surface area contributed by atoms with Gasteiger partial charge in [-0.15, -0.1) is 0 Å². The molecule has 3 aromatic heterocycles. The number of nitrogens with zero attached hydrogens (tertiary/aromatic N) is 5. The van der Waals surface area contributed by atoms with E-state index in [1.807, 2.05) is 27.9 Å². The number of fused-ring (bicyclic) bond motifs is 1. The highest BCUT2D eigenvalue weighted by molar-refractivity contribution is 6.05. The minimum absolute atomic E-state index is 0.0654. The molecule has 1 aliphatic rings. The summed E-state index contributed by atoms with van der Waals surface area (Å²) in [5, 5.41) is 4.34. The first-order valence-electron chi connectivity index (χ1n) is 9.19. The van der Waals surface area contributed by atoms with Crippen molar-refractivity contribution in [1.29, 1.82) is 0 Å². The van der Waals surface area contributed by atoms with Crippen LogP contribution in [-0.4, -0.2) is 61.6 Å². The Morgan fingerprint density at radius 2 is 2.19 bits per heavy atom. The fraction of sp³-hybridized carbons (Fsp3) is 0.421. The van der Waals surface area contributed by atoms with Gasteiger partial charge in [0, 0.05) is 63.4 Å². The molecule has 26 heavy (non-hydrogen) atoms. The maximum absolute atomic E-state index is 13.0. The van der Waals surface area contributed by atoms with Gasteiger partial charge in [0.1, 0.15) is 5.52 Å². The Balaban J connectivity index is 1.42. The lowest BCUT2D eigenvalue weighted by Crippen LogP contribution is -2.35. The van der Waals surface area contributed by atoms with E-state index in [1.54, 1.807) is 12.4 Å². The van der Waals surface area contributed by atoms with E-state index >= 15 is 0 Å². The number of aryl methyl sites for hydroxylation is 1. The highest BCUT2D eigenvalue weighted by Crippen LogP contribution is 2.18. The molecule has 1 fully saturated rings. The summed E-state index contributed by atoms with van der Waals surface area (Å²) in [6, 6.07) is 3.82. The van der Waals surface area contributed by atoms with Gasteiger partial charge in [-0.05, 0) is 25.5 Å². The maximum atomic E-state index is 13.0. The summed E-state index contributed by atoms with van der Waals surface area (Å²) in [7, 11) is 0. The molecule has 1 saturated heterocycles. The van der Waals surface area contributed by atoms with Gasteiger partial charge in [0.25, 0.3) is 5.91 Å². The SMILES string of the molecule is CCn1cc(CN2CCCN(C(=O)c3c[nH]c4cccnc34)CC2)cn1. The van der Waals surface area contributed by atoms with Crippen molar-refractivity contribution in [2.45, 2.75) is 26.4 Å². The van der Waals surface area contributed by atoms with E-state index in [4.69, 9.17) is 0 Å². The standard InChI is InChI=1S/C19H24N6O/c1-2-25-14-15(11-22-25)13-23-7-4-8-24(10-9-23)19(26)16-12-21-17-5-3-6-20-18(16)17/h3,5-6,11-12,14,21H,2,4,7-10,13H2,1H3. The highest BCUT2D eigenvalue weighted by atomic mass is 16.2. The number of rotatable bonds is 4. The van der Waals surface area contributed by atoms with Crippen molar-refractivity contribution in [2.75, 3.05) is 26.2 Å². The third kappa shape index (κ3) is 3.35. The predicted octanol–water partition coefficient (Wildman–Crippen LogP) is 2.13. The average molecular weight is 352 g/mol. The Morgan fingerprint density at radius 1 is 1.27 bits per heavy atom. The summed E-state index contributed by atoms with van der Waals surface area (Å²) < 4.78 is 1.95. The van der Waals surface area contributed by atoms with Gasteiger partial charge >= 0.3 is 0 Å². The zero-order valence-corrected chi connectivity index (χ0v) is 15.1. The number of hydrogen-bond donors (Lipinski definition) is 1. The molecule has 0 unspecified atom stereocenters. The fourth-order valence-corrected chi connectivity index (χ4v) is 3.54. The Kier molecular flexibility index (Phi) is 4.71. The minimum Gasteiger partial charge on any atom is -0.359 e. The molecule has 0 aromatic carbocycles. The lowest BCUT2D eigenvalue weighted by molar-refractivity contribution is 0.0763. The minimum atomic E-state index is 0.0654. The molecule has 3 aromatic rings. The lowest BCUT2D eigenvalue weighted by Gasteiger charge is -2.21. The van der Waals surface area contributed by atoms with Crippen molar-refractivity contribution in [3.05, 3.63) is 48.0 Å². The van der Waals surface area contributed by atoms with Crippen LogP contribution in [0.5, 0.6) is 0 Å². The molecule has 0 aliphatic carbocycles. The number of hydrogen-bond acceptors (Lipinski definition) is 4. The van der Waals surface area contributed by atoms with Crippen LogP contribution in [0, 0.1) is 0 Å². The number of carbonyl (C=O) groups excluding carboxylic acids is 1. The summed E-state index contributed by atoms with van der Waals surface area (Å²) in [5.41, 5.74) is 3.55. The van der Waals surface area contributed by atoms with Crippen molar-refractivity contribution >= 4 is 16.9 Å². The molecule has 1 N–H and O–H groups in total. The Bertz CT molecular complexity index is 898. The van der Waals surface area contributed by atoms with Crippen LogP contribution in [0.4, 0.5) is 0 Å². The van der Waals surface area contributed by atoms with E-state index in [-0.39, 0.29) is 5.91 Å². The summed E-state index contributed by atoms with van der Waals surface area (Å²) in [6.07, 6.45) is 8.53. The van der Waals surface area contributed by atoms with E-state index in [2.05, 4.69) is 33.1 Å². The van der Waals surface area contributed by atoms with Crippen molar-refractivity contribution in [3.63, 3.8) is 0 Å². The zero-order chi connectivity index (χ0) is 17.9. The van der Waals surface area contributed by atoms with Crippen LogP contribution in [0.25, 0.3) is 11.0 Å². The van der Waals surface area contributed by atoms with Crippen molar-refractivity contribution in [2.24, 2.45) is 0 Å². The van der Waals surface area contributed by atoms with Crippen LogP contribution < -0.4 is 0 Å². The lowest BCUT2D eigenvalue weighted by atomic mass is 10.2. The average Bonchev–Trinajstić information content (AvgIpc) is 3.23. The smallest absolute Gasteiger partial charge is 0.257 e. The maximum Gasteiger partial charge on any atom is 0.257 e. The molecular formula is C19H24N6O. The predicted molar refractivity (Wildman–Crippen MR) is 99.8 cm³/mol. The first-order valence-corrected chi connectivity index (χ1v) is 9.19. The third-order valence-corrected chi connectivity index (χ3v) is 4.96. The summed E-state index contributed by atoms with van der Waals surface area (Å²) >= 11 is 0. The van der Waals surface area contributed by atoms with Gasteiger partial charge in [-0.1, -0.05) is 0 Å². The number of H-pyrrole nitrogens is 1. The van der Waals surface area contributed by atoms with Gasteiger partial charge in [0.15, 0.2) is 0 Å². The first-order chi connectivity index (χ1) is 12.7. The molecule has 0 bridgehead atoms. The molecule has 136 valence electrons. The fourth-order valence-electron chi connectivity index (χ4n) is 3.54. The van der Waals surface area contributed by atoms with E-state index in [1.165, 1.54) is 5.56 Å². The van der Waals surface area contributed by atoms with Crippen LogP contribution >= 0.6 is 0 Å². The molecule has 0 spiro atoms. The zero-order valence-electron chi connectivity index (χ0n) is 15.1. The Labute approximate surface area is 152 Å². The molecule has 0 saturated carbocycles. The molecule has 4 rings (SSSR count). The third-order valence-electron chi connectivity index (χ3n) is 4.96. The van der Waals surface area contributed by atoms with Gasteiger partial charge < -0.3 is 9.88 Å². The van der Waals surface area contributed by atoms with E-state index < -0.39 is 0 Å². The molecule has 1 amide bonds. The highest BCUT2D eigenvalue weighted by Gasteiger charge is 2.23. The Morgan fingerprint density at radius 3 is 3.04 bits per heavy atom. The summed E-state index contributed by atoms with van der Waals surface area (Å²) in [5.74, 6) is 0.0654. The quantitative estimate of drug-likeness (QED) is 0.781. The molecule has 0 radical (unpaired) electrons. The largest absolute Gasteiger partial charge is 0.359 e. The van der Waals surface area contributed by atoms with Crippen LogP contribution in [0.15, 0.2) is 36.9 Å². The number of carbonyl (C=O) groups is 1. The molecular weight excluding hydrogens is 328 g/mol. The monoisotopic (exact) mass is 352 g/mol. The van der Waals surface area contributed by atoms with Crippen molar-refractivity contribution in [3.8, 4) is 0 Å². The van der Waals surface area contributed by atoms with Gasteiger partial charge in [0.05, 0.1) is 17.3 Å². The summed E-state index contributed by atoms with van der Waals surface area (Å²) in [4.78, 5) is 24.8. The normalized spacial score (nSPS) is 16.1. The molecule has 7 nitrogen and oxygen atoms in total. The van der Waals surface area contributed by atoms with Crippen LogP contribution in [0.1, 0.15) is 29.3 Å². The molecule has 4 heterocycles.